The molecule has 0 fully saturated rings. The van der Waals surface area contributed by atoms with Crippen LogP contribution in [-0.4, -0.2) is 38.7 Å². The largest absolute Gasteiger partial charge is 0.429 e. The first-order valence-electron chi connectivity index (χ1n) is 3.41. The van der Waals surface area contributed by atoms with E-state index in [1.54, 1.807) is 0 Å². The molecule has 0 aromatic heterocycles. The van der Waals surface area contributed by atoms with Gasteiger partial charge in [-0.15, -0.1) is 0 Å². The van der Waals surface area contributed by atoms with Gasteiger partial charge in [0.2, 0.25) is 0 Å². The Morgan fingerprint density at radius 3 is 1.62 bits per heavy atom. The third-order valence-electron chi connectivity index (χ3n) is 0.922. The summed E-state index contributed by atoms with van der Waals surface area (Å²) in [6.45, 7) is 0. The number of hydrogen-bond acceptors (Lipinski definition) is 6. The maximum Gasteiger partial charge on any atom is 0.429 e. The number of rotatable bonds is 3. The monoisotopic (exact) mass is 192 g/mol. The van der Waals surface area contributed by atoms with Crippen LogP contribution in [-0.2, 0) is 9.68 Å². The number of carbonyl (C=O) groups excluding carboxylic acids is 2. The molecule has 0 saturated heterocycles. The van der Waals surface area contributed by atoms with Crippen molar-refractivity contribution < 1.29 is 19.3 Å². The second kappa shape index (κ2) is 6.03. The second-order valence-corrected chi connectivity index (χ2v) is 1.74. The zero-order valence-corrected chi connectivity index (χ0v) is 7.58. The minimum atomic E-state index is -0.766. The Kier molecular flexibility index (Phi) is 5.32. The highest BCUT2D eigenvalue weighted by Crippen LogP contribution is 1.87. The van der Waals surface area contributed by atoms with Gasteiger partial charge in [0.05, 0.1) is 0 Å². The van der Waals surface area contributed by atoms with Crippen LogP contribution >= 0.6 is 0 Å². The topological polar surface area (TPSA) is 91.9 Å². The maximum absolute atomic E-state index is 10.6. The summed E-state index contributed by atoms with van der Waals surface area (Å²) in [4.78, 5) is 30.1. The van der Waals surface area contributed by atoms with E-state index in [4.69, 9.17) is 0 Å². The van der Waals surface area contributed by atoms with Crippen molar-refractivity contribution in [2.75, 3.05) is 21.1 Å². The first-order chi connectivity index (χ1) is 6.13. The molecule has 0 unspecified atom stereocenters. The average molecular weight is 192 g/mol. The molecule has 76 valence electrons. The standard InChI is InChI=1S/C5H12N4O4/c1-6-4(10)12-9(8-3)13-5(11)7-2/h8H,1-3H3,(H,6,10)(H,7,11). The summed E-state index contributed by atoms with van der Waals surface area (Å²) >= 11 is 0. The van der Waals surface area contributed by atoms with Crippen molar-refractivity contribution in [2.24, 2.45) is 0 Å². The van der Waals surface area contributed by atoms with E-state index in [0.29, 0.717) is 5.34 Å². The van der Waals surface area contributed by atoms with E-state index < -0.39 is 12.2 Å². The lowest BCUT2D eigenvalue weighted by atomic mass is 11.1. The number of nitrogens with one attached hydrogen (secondary N) is 3. The fourth-order valence-electron chi connectivity index (χ4n) is 0.352. The van der Waals surface area contributed by atoms with Gasteiger partial charge in [0.25, 0.3) is 0 Å². The fraction of sp³-hybridized carbons (Fsp3) is 0.600. The van der Waals surface area contributed by atoms with E-state index in [1.165, 1.54) is 21.1 Å². The number of amides is 2. The quantitative estimate of drug-likeness (QED) is 0.495. The highest BCUT2D eigenvalue weighted by Gasteiger charge is 2.12. The first-order valence-corrected chi connectivity index (χ1v) is 3.41. The Morgan fingerprint density at radius 2 is 1.38 bits per heavy atom. The zero-order valence-electron chi connectivity index (χ0n) is 7.58. The van der Waals surface area contributed by atoms with Crippen molar-refractivity contribution in [1.82, 2.24) is 21.4 Å². The number of carbonyl (C=O) groups is 2. The van der Waals surface area contributed by atoms with Crippen LogP contribution < -0.4 is 16.1 Å². The van der Waals surface area contributed by atoms with Crippen molar-refractivity contribution in [2.45, 2.75) is 0 Å². The minimum absolute atomic E-state index is 0.512. The van der Waals surface area contributed by atoms with E-state index >= 15 is 0 Å². The Hall–Kier alpha value is -1.54. The van der Waals surface area contributed by atoms with Crippen LogP contribution in [0, 0.1) is 0 Å². The molecule has 0 spiro atoms. The highest BCUT2D eigenvalue weighted by atomic mass is 17.0. The molecule has 0 aliphatic carbocycles. The molecule has 0 heterocycles. The van der Waals surface area contributed by atoms with Gasteiger partial charge in [0, 0.05) is 21.1 Å². The van der Waals surface area contributed by atoms with Gasteiger partial charge in [-0.25, -0.2) is 9.59 Å². The number of hydrazine groups is 1. The third-order valence-corrected chi connectivity index (χ3v) is 0.922. The van der Waals surface area contributed by atoms with Crippen LogP contribution in [0.4, 0.5) is 9.59 Å². The van der Waals surface area contributed by atoms with E-state index in [0.717, 1.165) is 0 Å². The predicted molar refractivity (Wildman–Crippen MR) is 42.0 cm³/mol. The van der Waals surface area contributed by atoms with Crippen molar-refractivity contribution in [3.63, 3.8) is 0 Å². The molecule has 0 bridgehead atoms. The Balaban J connectivity index is 3.89. The van der Waals surface area contributed by atoms with Gasteiger partial charge in [-0.05, 0) is 0 Å². The normalized spacial score (nSPS) is 9.23. The van der Waals surface area contributed by atoms with Gasteiger partial charge in [-0.2, -0.15) is 5.43 Å². The molecule has 8 nitrogen and oxygen atoms in total. The Bertz CT molecular complexity index is 167. The number of hydrogen-bond donors (Lipinski definition) is 3. The van der Waals surface area contributed by atoms with E-state index in [9.17, 15) is 9.59 Å². The molecular formula is C5H12N4O4. The molecule has 13 heavy (non-hydrogen) atoms. The van der Waals surface area contributed by atoms with Gasteiger partial charge in [0.1, 0.15) is 5.34 Å². The van der Waals surface area contributed by atoms with Gasteiger partial charge in [-0.1, -0.05) is 0 Å². The van der Waals surface area contributed by atoms with Crippen LogP contribution in [0.1, 0.15) is 0 Å². The SMILES string of the molecule is CNC(=O)ON(NC)OC(=O)NC. The maximum atomic E-state index is 10.6. The van der Waals surface area contributed by atoms with Crippen molar-refractivity contribution in [3.05, 3.63) is 0 Å². The van der Waals surface area contributed by atoms with E-state index in [2.05, 4.69) is 25.7 Å². The van der Waals surface area contributed by atoms with Gasteiger partial charge >= 0.3 is 12.2 Å². The minimum Gasteiger partial charge on any atom is -0.323 e. The summed E-state index contributed by atoms with van der Waals surface area (Å²) in [5.41, 5.74) is 2.30. The molecular weight excluding hydrogens is 180 g/mol. The highest BCUT2D eigenvalue weighted by molar-refractivity contribution is 5.67. The summed E-state index contributed by atoms with van der Waals surface area (Å²) in [6.07, 6.45) is -1.53. The summed E-state index contributed by atoms with van der Waals surface area (Å²) in [5, 5.41) is 4.84. The van der Waals surface area contributed by atoms with Gasteiger partial charge < -0.3 is 10.6 Å². The molecule has 8 heteroatoms. The van der Waals surface area contributed by atoms with Crippen LogP contribution in [0.2, 0.25) is 0 Å². The average Bonchev–Trinajstić information content (AvgIpc) is 2.16. The third kappa shape index (κ3) is 4.82. The van der Waals surface area contributed by atoms with E-state index in [-0.39, 0.29) is 0 Å². The van der Waals surface area contributed by atoms with Gasteiger partial charge in [0.15, 0.2) is 0 Å². The lowest BCUT2D eigenvalue weighted by Crippen LogP contribution is -2.43. The lowest BCUT2D eigenvalue weighted by molar-refractivity contribution is -0.325. The summed E-state index contributed by atoms with van der Waals surface area (Å²) < 4.78 is 0. The van der Waals surface area contributed by atoms with Crippen molar-refractivity contribution >= 4 is 12.2 Å². The van der Waals surface area contributed by atoms with Crippen molar-refractivity contribution in [1.29, 1.82) is 0 Å². The zero-order chi connectivity index (χ0) is 10.3. The molecule has 0 aromatic carbocycles. The molecule has 0 saturated carbocycles. The summed E-state index contributed by atoms with van der Waals surface area (Å²) in [5.74, 6) is 0. The van der Waals surface area contributed by atoms with Crippen LogP contribution in [0.15, 0.2) is 0 Å². The molecule has 0 aliphatic rings. The molecule has 0 radical (unpaired) electrons. The lowest BCUT2D eigenvalue weighted by Gasteiger charge is -2.16. The smallest absolute Gasteiger partial charge is 0.323 e. The van der Waals surface area contributed by atoms with Crippen LogP contribution in [0.5, 0.6) is 0 Å². The van der Waals surface area contributed by atoms with Crippen LogP contribution in [0.25, 0.3) is 0 Å². The molecule has 0 aromatic rings. The Labute approximate surface area is 75.0 Å². The first kappa shape index (κ1) is 11.5. The molecule has 3 N–H and O–H groups in total. The van der Waals surface area contributed by atoms with E-state index in [1.807, 2.05) is 0 Å². The van der Waals surface area contributed by atoms with Gasteiger partial charge in [-0.3, -0.25) is 9.68 Å². The molecule has 0 atom stereocenters. The second-order valence-electron chi connectivity index (χ2n) is 1.74. The fourth-order valence-corrected chi connectivity index (χ4v) is 0.352. The molecule has 0 aliphatic heterocycles. The number of nitrogens with zero attached hydrogens (tertiary/aromatic N) is 1. The summed E-state index contributed by atoms with van der Waals surface area (Å²) in [7, 11) is 4.15. The van der Waals surface area contributed by atoms with Crippen molar-refractivity contribution in [3.8, 4) is 0 Å². The molecule has 2 amide bonds. The molecule has 0 rings (SSSR count). The Morgan fingerprint density at radius 1 is 1.00 bits per heavy atom. The summed E-state index contributed by atoms with van der Waals surface area (Å²) in [6, 6.07) is 0. The van der Waals surface area contributed by atoms with Crippen LogP contribution in [0.3, 0.4) is 0 Å². The predicted octanol–water partition coefficient (Wildman–Crippen LogP) is -1.04.